The van der Waals surface area contributed by atoms with Gasteiger partial charge in [-0.2, -0.15) is 0 Å². The predicted octanol–water partition coefficient (Wildman–Crippen LogP) is 5.61. The van der Waals surface area contributed by atoms with Gasteiger partial charge in [-0.25, -0.2) is 10.4 Å². The molecule has 0 aliphatic carbocycles. The van der Waals surface area contributed by atoms with Crippen LogP contribution < -0.4 is 25.1 Å². The van der Waals surface area contributed by atoms with Gasteiger partial charge in [0.2, 0.25) is 5.90 Å². The maximum atomic E-state index is 14.4. The summed E-state index contributed by atoms with van der Waals surface area (Å²) in [6.07, 6.45) is -0.903. The van der Waals surface area contributed by atoms with E-state index in [2.05, 4.69) is 20.9 Å². The van der Waals surface area contributed by atoms with E-state index in [4.69, 9.17) is 33.8 Å². The molecule has 14 heteroatoms. The first-order valence-electron chi connectivity index (χ1n) is 15.7. The van der Waals surface area contributed by atoms with E-state index in [1.54, 1.807) is 94.6 Å². The van der Waals surface area contributed by atoms with Crippen molar-refractivity contribution in [3.8, 4) is 17.2 Å². The molecule has 3 aromatic rings. The van der Waals surface area contributed by atoms with Crippen LogP contribution in [0.5, 0.6) is 17.2 Å². The van der Waals surface area contributed by atoms with Gasteiger partial charge in [-0.3, -0.25) is 15.0 Å². The number of carbonyl (C=O) groups is 2. The fraction of sp³-hybridized carbons (Fsp3) is 0.400. The molecular weight excluding hydrogens is 632 g/mol. The van der Waals surface area contributed by atoms with E-state index >= 15 is 0 Å². The highest BCUT2D eigenvalue weighted by Gasteiger charge is 2.54. The molecule has 3 N–H and O–H groups in total. The minimum Gasteiger partial charge on any atom is -0.497 e. The number of esters is 1. The van der Waals surface area contributed by atoms with Crippen molar-refractivity contribution in [3.05, 3.63) is 93.9 Å². The lowest BCUT2D eigenvalue weighted by Gasteiger charge is -2.31. The maximum absolute atomic E-state index is 14.4. The zero-order chi connectivity index (χ0) is 35.4. The summed E-state index contributed by atoms with van der Waals surface area (Å²) in [6.45, 7) is 5.81. The summed E-state index contributed by atoms with van der Waals surface area (Å²) >= 11 is 0. The van der Waals surface area contributed by atoms with Gasteiger partial charge >= 0.3 is 5.97 Å². The van der Waals surface area contributed by atoms with E-state index in [1.807, 2.05) is 0 Å². The van der Waals surface area contributed by atoms with Gasteiger partial charge < -0.3 is 28.8 Å². The summed E-state index contributed by atoms with van der Waals surface area (Å²) in [5.74, 6) is 0.762. The lowest BCUT2D eigenvalue weighted by atomic mass is 9.83. The first kappa shape index (κ1) is 36.5. The Morgan fingerprint density at radius 2 is 1.80 bits per heavy atom. The number of hydrazine groups is 1. The quantitative estimate of drug-likeness (QED) is 0.0434. The highest BCUT2D eigenvalue weighted by Crippen LogP contribution is 2.46. The number of rotatable bonds is 16. The minimum absolute atomic E-state index is 0.0113. The van der Waals surface area contributed by atoms with Crippen molar-refractivity contribution < 1.29 is 38.4 Å². The lowest BCUT2D eigenvalue weighted by Crippen LogP contribution is -2.52. The number of carbonyl (C=O) groups excluding carboxylic acids is 2. The van der Waals surface area contributed by atoms with Crippen molar-refractivity contribution in [2.75, 3.05) is 27.4 Å². The summed E-state index contributed by atoms with van der Waals surface area (Å²) in [5, 5.41) is 12.9. The smallest absolute Gasteiger partial charge is 0.306 e. The van der Waals surface area contributed by atoms with E-state index in [-0.39, 0.29) is 37.6 Å². The van der Waals surface area contributed by atoms with Gasteiger partial charge in [0, 0.05) is 59.3 Å². The minimum atomic E-state index is -1.72. The number of nitrogens with zero attached hydrogens (tertiary/aromatic N) is 4. The zero-order valence-corrected chi connectivity index (χ0v) is 28.3. The van der Waals surface area contributed by atoms with Crippen LogP contribution in [0.2, 0.25) is 0 Å². The van der Waals surface area contributed by atoms with Crippen molar-refractivity contribution in [2.24, 2.45) is 10.1 Å². The maximum Gasteiger partial charge on any atom is 0.306 e. The number of aliphatic hydroxyl groups is 1. The van der Waals surface area contributed by atoms with Crippen LogP contribution in [0.3, 0.4) is 0 Å². The molecule has 260 valence electrons. The number of aliphatic hydroxyl groups excluding tert-OH is 1. The number of benzene rings is 3. The van der Waals surface area contributed by atoms with Crippen molar-refractivity contribution in [1.82, 2.24) is 10.9 Å². The summed E-state index contributed by atoms with van der Waals surface area (Å²) in [4.78, 5) is 35.3. The van der Waals surface area contributed by atoms with Crippen LogP contribution in [-0.2, 0) is 25.6 Å². The van der Waals surface area contributed by atoms with Crippen molar-refractivity contribution in [3.63, 3.8) is 0 Å². The van der Waals surface area contributed by atoms with Crippen LogP contribution in [0.15, 0.2) is 76.8 Å². The summed E-state index contributed by atoms with van der Waals surface area (Å²) in [7, 11) is 3.09. The molecule has 4 rings (SSSR count). The number of nitrogens with one attached hydrogen (secondary N) is 2. The molecule has 0 radical (unpaired) electrons. The van der Waals surface area contributed by atoms with Gasteiger partial charge in [0.1, 0.15) is 22.8 Å². The fourth-order valence-electron chi connectivity index (χ4n) is 5.21. The molecule has 2 atom stereocenters. The normalized spacial score (nSPS) is 16.9. The predicted molar refractivity (Wildman–Crippen MR) is 182 cm³/mol. The first-order chi connectivity index (χ1) is 23.5. The molecule has 0 bridgehead atoms. The number of aliphatic imine (C=N–C) groups is 1. The third kappa shape index (κ3) is 9.41. The number of azide groups is 1. The zero-order valence-electron chi connectivity index (χ0n) is 28.3. The van der Waals surface area contributed by atoms with E-state index in [0.29, 0.717) is 41.4 Å². The third-order valence-corrected chi connectivity index (χ3v) is 7.51. The van der Waals surface area contributed by atoms with Crippen LogP contribution in [0.25, 0.3) is 10.4 Å². The topological polar surface area (TPSA) is 186 Å². The standard InChI is InChI=1S/C35H42N6O8/c1-34(2,3)49-30(43)17-18-35(33(44)40-37-22-24-13-16-26(45-4)21-29(24)46-5)31(27-9-6-7-10-28(27)39-41-36)48-32(38-35)23-11-14-25(15-12-23)47-20-8-19-42/h6-7,9-16,21,31,37,42H,8,17-20,22H2,1-5H3,(H,40,44)/t31-,35-/m0/s1. The molecule has 49 heavy (non-hydrogen) atoms. The summed E-state index contributed by atoms with van der Waals surface area (Å²) < 4.78 is 28.5. The van der Waals surface area contributed by atoms with Crippen molar-refractivity contribution in [1.29, 1.82) is 0 Å². The second-order valence-electron chi connectivity index (χ2n) is 12.1. The number of hydrogen-bond acceptors (Lipinski definition) is 11. The highest BCUT2D eigenvalue weighted by atomic mass is 16.6. The molecule has 1 aliphatic heterocycles. The first-order valence-corrected chi connectivity index (χ1v) is 15.7. The Morgan fingerprint density at radius 1 is 1.06 bits per heavy atom. The Hall–Kier alpha value is -5.30. The number of ether oxygens (including phenoxy) is 5. The molecular formula is C35H42N6O8. The highest BCUT2D eigenvalue weighted by molar-refractivity contribution is 6.01. The average Bonchev–Trinajstić information content (AvgIpc) is 3.48. The van der Waals surface area contributed by atoms with Gasteiger partial charge in [-0.05, 0) is 63.1 Å². The summed E-state index contributed by atoms with van der Waals surface area (Å²) in [5.41, 5.74) is 14.5. The van der Waals surface area contributed by atoms with E-state index in [0.717, 1.165) is 5.56 Å². The van der Waals surface area contributed by atoms with Gasteiger partial charge in [0.05, 0.1) is 20.8 Å². The Labute approximate surface area is 285 Å². The van der Waals surface area contributed by atoms with E-state index in [1.165, 1.54) is 7.11 Å². The SMILES string of the molecule is COc1ccc(CNNC(=O)[C@@]2(CCC(=O)OC(C)(C)C)N=C(c3ccc(OCCCO)cc3)O[C@H]2c2ccccc2N=[N+]=[N-])c(OC)c1. The number of hydrogen-bond donors (Lipinski definition) is 3. The molecule has 1 amide bonds. The molecule has 0 fully saturated rings. The molecule has 0 aromatic heterocycles. The Balaban J connectivity index is 1.74. The van der Waals surface area contributed by atoms with E-state index < -0.39 is 29.1 Å². The Bertz CT molecular complexity index is 1680. The molecule has 1 heterocycles. The molecule has 3 aromatic carbocycles. The molecule has 1 aliphatic rings. The van der Waals surface area contributed by atoms with Gasteiger partial charge in [0.15, 0.2) is 11.6 Å². The van der Waals surface area contributed by atoms with Crippen LogP contribution in [0.4, 0.5) is 5.69 Å². The molecule has 0 spiro atoms. The van der Waals surface area contributed by atoms with Crippen LogP contribution in [-0.4, -0.2) is 61.5 Å². The number of amides is 1. The van der Waals surface area contributed by atoms with Gasteiger partial charge in [-0.15, -0.1) is 0 Å². The van der Waals surface area contributed by atoms with Crippen LogP contribution in [0, 0.1) is 0 Å². The molecule has 0 saturated carbocycles. The van der Waals surface area contributed by atoms with E-state index in [9.17, 15) is 15.1 Å². The van der Waals surface area contributed by atoms with Crippen molar-refractivity contribution >= 4 is 23.5 Å². The molecule has 14 nitrogen and oxygen atoms in total. The van der Waals surface area contributed by atoms with Gasteiger partial charge in [0.25, 0.3) is 5.91 Å². The fourth-order valence-corrected chi connectivity index (χ4v) is 5.21. The third-order valence-electron chi connectivity index (χ3n) is 7.51. The summed E-state index contributed by atoms with van der Waals surface area (Å²) in [6, 6.07) is 19.0. The largest absolute Gasteiger partial charge is 0.497 e. The molecule has 0 saturated heterocycles. The second-order valence-corrected chi connectivity index (χ2v) is 12.1. The lowest BCUT2D eigenvalue weighted by molar-refractivity contribution is -0.155. The van der Waals surface area contributed by atoms with Crippen molar-refractivity contribution in [2.45, 2.75) is 63.8 Å². The van der Waals surface area contributed by atoms with Crippen LogP contribution in [0.1, 0.15) is 62.8 Å². The second kappa shape index (κ2) is 16.7. The molecule has 0 unspecified atom stereocenters. The monoisotopic (exact) mass is 674 g/mol. The van der Waals surface area contributed by atoms with Crippen LogP contribution >= 0.6 is 0 Å². The van der Waals surface area contributed by atoms with Gasteiger partial charge in [-0.1, -0.05) is 35.4 Å². The Morgan fingerprint density at radius 3 is 2.47 bits per heavy atom. The average molecular weight is 675 g/mol. The Kier molecular flexibility index (Phi) is 12.4. The number of methoxy groups -OCH3 is 2.